The van der Waals surface area contributed by atoms with Crippen LogP contribution in [0.15, 0.2) is 30.4 Å². The highest BCUT2D eigenvalue weighted by Gasteiger charge is 2.05. The van der Waals surface area contributed by atoms with Crippen LogP contribution in [-0.2, 0) is 0 Å². The maximum Gasteiger partial charge on any atom is 0.167 e. The first-order valence-electron chi connectivity index (χ1n) is 5.47. The van der Waals surface area contributed by atoms with Crippen LogP contribution >= 0.6 is 0 Å². The molecule has 0 radical (unpaired) electrons. The van der Waals surface area contributed by atoms with Crippen molar-refractivity contribution in [2.75, 3.05) is 13.2 Å². The number of benzene rings is 1. The topological polar surface area (TPSA) is 21.3 Å². The molecule has 0 aromatic heterocycles. The number of hydrogen-bond acceptors (Lipinski definition) is 2. The minimum atomic E-state index is -0.699. The molecule has 2 nitrogen and oxygen atoms in total. The molecule has 0 fully saturated rings. The monoisotopic (exact) mass is 241 g/mol. The molecule has 0 aliphatic heterocycles. The van der Waals surface area contributed by atoms with E-state index in [4.69, 9.17) is 4.74 Å². The molecule has 94 valence electrons. The van der Waals surface area contributed by atoms with Crippen LogP contribution in [-0.4, -0.2) is 19.2 Å². The molecule has 1 aromatic rings. The molecular weight excluding hydrogens is 224 g/mol. The summed E-state index contributed by atoms with van der Waals surface area (Å²) >= 11 is 0. The SMILES string of the molecule is C=C(CNC(C)C)COc1ccc(F)cc1F. The van der Waals surface area contributed by atoms with Gasteiger partial charge in [0.1, 0.15) is 12.4 Å². The Bertz CT molecular complexity index is 391. The summed E-state index contributed by atoms with van der Waals surface area (Å²) in [6, 6.07) is 3.58. The van der Waals surface area contributed by atoms with Crippen molar-refractivity contribution in [2.45, 2.75) is 19.9 Å². The molecule has 0 aliphatic rings. The summed E-state index contributed by atoms with van der Waals surface area (Å²) < 4.78 is 31.0. The molecule has 0 unspecified atom stereocenters. The van der Waals surface area contributed by atoms with Crippen molar-refractivity contribution in [3.05, 3.63) is 42.0 Å². The number of ether oxygens (including phenoxy) is 1. The maximum absolute atomic E-state index is 13.2. The predicted octanol–water partition coefficient (Wildman–Crippen LogP) is 2.90. The zero-order chi connectivity index (χ0) is 12.8. The van der Waals surface area contributed by atoms with Gasteiger partial charge < -0.3 is 10.1 Å². The van der Waals surface area contributed by atoms with E-state index in [1.807, 2.05) is 13.8 Å². The Labute approximate surface area is 100 Å². The fraction of sp³-hybridized carbons (Fsp3) is 0.385. The van der Waals surface area contributed by atoms with Gasteiger partial charge in [0.15, 0.2) is 11.6 Å². The maximum atomic E-state index is 13.2. The van der Waals surface area contributed by atoms with E-state index in [1.54, 1.807) is 0 Å². The van der Waals surface area contributed by atoms with Crippen molar-refractivity contribution in [1.82, 2.24) is 5.32 Å². The number of rotatable bonds is 6. The predicted molar refractivity (Wildman–Crippen MR) is 64.1 cm³/mol. The van der Waals surface area contributed by atoms with Gasteiger partial charge in [-0.1, -0.05) is 20.4 Å². The standard InChI is InChI=1S/C13H17F2NO/c1-9(2)16-7-10(3)8-17-13-5-4-11(14)6-12(13)15/h4-6,9,16H,3,7-8H2,1-2H3. The van der Waals surface area contributed by atoms with Crippen LogP contribution < -0.4 is 10.1 Å². The van der Waals surface area contributed by atoms with Gasteiger partial charge in [-0.2, -0.15) is 0 Å². The summed E-state index contributed by atoms with van der Waals surface area (Å²) in [5.41, 5.74) is 0.808. The van der Waals surface area contributed by atoms with Gasteiger partial charge in [0.25, 0.3) is 0 Å². The second-order valence-corrected chi connectivity index (χ2v) is 4.15. The lowest BCUT2D eigenvalue weighted by Crippen LogP contribution is -2.26. The second-order valence-electron chi connectivity index (χ2n) is 4.15. The van der Waals surface area contributed by atoms with E-state index in [2.05, 4.69) is 11.9 Å². The van der Waals surface area contributed by atoms with Crippen molar-refractivity contribution in [3.63, 3.8) is 0 Å². The van der Waals surface area contributed by atoms with Gasteiger partial charge >= 0.3 is 0 Å². The Hall–Kier alpha value is -1.42. The highest BCUT2D eigenvalue weighted by atomic mass is 19.1. The Kier molecular flexibility index (Phi) is 5.10. The van der Waals surface area contributed by atoms with Crippen LogP contribution in [0.25, 0.3) is 0 Å². The first-order valence-corrected chi connectivity index (χ1v) is 5.47. The smallest absolute Gasteiger partial charge is 0.167 e. The van der Waals surface area contributed by atoms with E-state index in [1.165, 1.54) is 6.07 Å². The van der Waals surface area contributed by atoms with Crippen LogP contribution in [0.5, 0.6) is 5.75 Å². The van der Waals surface area contributed by atoms with Gasteiger partial charge in [0, 0.05) is 18.7 Å². The molecule has 0 amide bonds. The van der Waals surface area contributed by atoms with E-state index in [9.17, 15) is 8.78 Å². The molecule has 4 heteroatoms. The largest absolute Gasteiger partial charge is 0.486 e. The molecule has 0 saturated heterocycles. The summed E-state index contributed by atoms with van der Waals surface area (Å²) in [6.45, 7) is 8.67. The lowest BCUT2D eigenvalue weighted by Gasteiger charge is -2.12. The van der Waals surface area contributed by atoms with Crippen molar-refractivity contribution < 1.29 is 13.5 Å². The average Bonchev–Trinajstić information content (AvgIpc) is 2.25. The number of nitrogens with one attached hydrogen (secondary N) is 1. The Morgan fingerprint density at radius 2 is 2.12 bits per heavy atom. The van der Waals surface area contributed by atoms with Gasteiger partial charge in [-0.15, -0.1) is 0 Å². The number of hydrogen-bond donors (Lipinski definition) is 1. The van der Waals surface area contributed by atoms with E-state index in [-0.39, 0.29) is 12.4 Å². The average molecular weight is 241 g/mol. The highest BCUT2D eigenvalue weighted by Crippen LogP contribution is 2.17. The Morgan fingerprint density at radius 1 is 1.41 bits per heavy atom. The van der Waals surface area contributed by atoms with Crippen LogP contribution in [0.3, 0.4) is 0 Å². The van der Waals surface area contributed by atoms with Gasteiger partial charge in [-0.05, 0) is 17.7 Å². The third kappa shape index (κ3) is 4.95. The van der Waals surface area contributed by atoms with Gasteiger partial charge in [0.2, 0.25) is 0 Å². The lowest BCUT2D eigenvalue weighted by atomic mass is 10.3. The highest BCUT2D eigenvalue weighted by molar-refractivity contribution is 5.25. The van der Waals surface area contributed by atoms with Crippen LogP contribution in [0.4, 0.5) is 8.78 Å². The van der Waals surface area contributed by atoms with Gasteiger partial charge in [-0.25, -0.2) is 8.78 Å². The zero-order valence-corrected chi connectivity index (χ0v) is 10.1. The normalized spacial score (nSPS) is 10.6. The zero-order valence-electron chi connectivity index (χ0n) is 10.1. The quantitative estimate of drug-likeness (QED) is 0.773. The van der Waals surface area contributed by atoms with Crippen LogP contribution in [0.1, 0.15) is 13.8 Å². The summed E-state index contributed by atoms with van der Waals surface area (Å²) in [4.78, 5) is 0. The summed E-state index contributed by atoms with van der Waals surface area (Å²) in [7, 11) is 0. The van der Waals surface area contributed by atoms with E-state index < -0.39 is 11.6 Å². The number of halogens is 2. The second kappa shape index (κ2) is 6.35. The van der Waals surface area contributed by atoms with Crippen LogP contribution in [0.2, 0.25) is 0 Å². The minimum absolute atomic E-state index is 0.0390. The van der Waals surface area contributed by atoms with Crippen LogP contribution in [0, 0.1) is 11.6 Å². The molecular formula is C13H17F2NO. The van der Waals surface area contributed by atoms with E-state index in [0.717, 1.165) is 17.7 Å². The Balaban J connectivity index is 2.42. The van der Waals surface area contributed by atoms with E-state index in [0.29, 0.717) is 12.6 Å². The van der Waals surface area contributed by atoms with Crippen molar-refractivity contribution in [2.24, 2.45) is 0 Å². The summed E-state index contributed by atoms with van der Waals surface area (Å²) in [5, 5.41) is 3.17. The lowest BCUT2D eigenvalue weighted by molar-refractivity contribution is 0.327. The molecule has 0 saturated carbocycles. The van der Waals surface area contributed by atoms with Crippen molar-refractivity contribution in [3.8, 4) is 5.75 Å². The molecule has 1 rings (SSSR count). The third-order valence-corrected chi connectivity index (χ3v) is 2.09. The molecule has 1 N–H and O–H groups in total. The summed E-state index contributed by atoms with van der Waals surface area (Å²) in [6.07, 6.45) is 0. The molecule has 17 heavy (non-hydrogen) atoms. The van der Waals surface area contributed by atoms with Gasteiger partial charge in [0.05, 0.1) is 0 Å². The molecule has 0 spiro atoms. The molecule has 0 aliphatic carbocycles. The molecule has 0 bridgehead atoms. The molecule has 1 aromatic carbocycles. The first kappa shape index (κ1) is 13.6. The fourth-order valence-corrected chi connectivity index (χ4v) is 1.17. The first-order chi connectivity index (χ1) is 7.99. The van der Waals surface area contributed by atoms with E-state index >= 15 is 0 Å². The fourth-order valence-electron chi connectivity index (χ4n) is 1.17. The molecule has 0 atom stereocenters. The van der Waals surface area contributed by atoms with Crippen molar-refractivity contribution in [1.29, 1.82) is 0 Å². The summed E-state index contributed by atoms with van der Waals surface area (Å²) in [5.74, 6) is -1.28. The molecule has 0 heterocycles. The minimum Gasteiger partial charge on any atom is -0.486 e. The third-order valence-electron chi connectivity index (χ3n) is 2.09. The van der Waals surface area contributed by atoms with Crippen molar-refractivity contribution >= 4 is 0 Å². The van der Waals surface area contributed by atoms with Gasteiger partial charge in [-0.3, -0.25) is 0 Å². The Morgan fingerprint density at radius 3 is 2.71 bits per heavy atom.